The lowest BCUT2D eigenvalue weighted by molar-refractivity contribution is -0.0537. The summed E-state index contributed by atoms with van der Waals surface area (Å²) in [6, 6.07) is 0.201. The molecule has 1 heterocycles. The van der Waals surface area contributed by atoms with Gasteiger partial charge in [-0.2, -0.15) is 5.10 Å². The third kappa shape index (κ3) is 3.99. The van der Waals surface area contributed by atoms with Gasteiger partial charge in [-0.1, -0.05) is 25.4 Å². The van der Waals surface area contributed by atoms with Crippen LogP contribution in [0, 0.1) is 0 Å². The normalized spacial score (nSPS) is 16.0. The number of aryl methyl sites for hydroxylation is 2. The second kappa shape index (κ2) is 8.16. The lowest BCUT2D eigenvalue weighted by Gasteiger charge is -2.37. The molecular weight excluding hydrogens is 286 g/mol. The summed E-state index contributed by atoms with van der Waals surface area (Å²) in [5, 5.41) is 8.83. The third-order valence-electron chi connectivity index (χ3n) is 4.35. The van der Waals surface area contributed by atoms with Gasteiger partial charge in [-0.3, -0.25) is 4.68 Å². The number of nitrogens with zero attached hydrogens (tertiary/aromatic N) is 2. The van der Waals surface area contributed by atoms with Crippen LogP contribution in [0.1, 0.15) is 52.4 Å². The van der Waals surface area contributed by atoms with E-state index < -0.39 is 0 Å². The fourth-order valence-corrected chi connectivity index (χ4v) is 3.15. The highest BCUT2D eigenvalue weighted by Crippen LogP contribution is 2.28. The van der Waals surface area contributed by atoms with E-state index in [4.69, 9.17) is 16.3 Å². The Kier molecular flexibility index (Phi) is 7.17. The van der Waals surface area contributed by atoms with E-state index >= 15 is 0 Å². The first-order valence-electron chi connectivity index (χ1n) is 8.02. The number of aromatic nitrogens is 2. The molecule has 0 aliphatic rings. The number of hydrogen-bond donors (Lipinski definition) is 1. The first-order chi connectivity index (χ1) is 9.97. The molecule has 0 fully saturated rings. The van der Waals surface area contributed by atoms with Crippen molar-refractivity contribution < 1.29 is 4.74 Å². The highest BCUT2D eigenvalue weighted by Gasteiger charge is 2.34. The summed E-state index contributed by atoms with van der Waals surface area (Å²) in [6.07, 6.45) is 2.63. The maximum atomic E-state index is 6.53. The zero-order chi connectivity index (χ0) is 16.0. The molecule has 0 aliphatic carbocycles. The van der Waals surface area contributed by atoms with E-state index in [9.17, 15) is 0 Å². The van der Waals surface area contributed by atoms with Crippen LogP contribution < -0.4 is 5.32 Å². The van der Waals surface area contributed by atoms with Crippen LogP contribution in [0.2, 0.25) is 5.02 Å². The Bertz CT molecular complexity index is 447. The number of nitrogens with one attached hydrogen (secondary N) is 1. The summed E-state index contributed by atoms with van der Waals surface area (Å²) in [5.74, 6) is 0. The van der Waals surface area contributed by atoms with Crippen LogP contribution in [0.5, 0.6) is 0 Å². The molecule has 4 nitrogen and oxygen atoms in total. The van der Waals surface area contributed by atoms with Gasteiger partial charge in [0.05, 0.1) is 22.0 Å². The van der Waals surface area contributed by atoms with Crippen LogP contribution in [-0.4, -0.2) is 35.1 Å². The fraction of sp³-hybridized carbons (Fsp3) is 0.812. The smallest absolute Gasteiger partial charge is 0.0850 e. The third-order valence-corrected chi connectivity index (χ3v) is 4.79. The van der Waals surface area contributed by atoms with Crippen LogP contribution in [0.25, 0.3) is 0 Å². The molecule has 2 unspecified atom stereocenters. The Morgan fingerprint density at radius 3 is 2.43 bits per heavy atom. The quantitative estimate of drug-likeness (QED) is 0.758. The minimum Gasteiger partial charge on any atom is -0.374 e. The minimum absolute atomic E-state index is 0.201. The lowest BCUT2D eigenvalue weighted by Crippen LogP contribution is -2.50. The van der Waals surface area contributed by atoms with Crippen molar-refractivity contribution in [3.63, 3.8) is 0 Å². The van der Waals surface area contributed by atoms with E-state index in [2.05, 4.69) is 38.1 Å². The largest absolute Gasteiger partial charge is 0.374 e. The highest BCUT2D eigenvalue weighted by molar-refractivity contribution is 6.31. The van der Waals surface area contributed by atoms with Crippen molar-refractivity contribution in [2.45, 2.75) is 72.1 Å². The zero-order valence-electron chi connectivity index (χ0n) is 14.3. The van der Waals surface area contributed by atoms with Crippen molar-refractivity contribution in [2.24, 2.45) is 0 Å². The average molecular weight is 316 g/mol. The lowest BCUT2D eigenvalue weighted by atomic mass is 9.89. The molecule has 0 saturated carbocycles. The Morgan fingerprint density at radius 1 is 1.33 bits per heavy atom. The highest BCUT2D eigenvalue weighted by atomic mass is 35.5. The first kappa shape index (κ1) is 18.5. The molecule has 0 aromatic carbocycles. The van der Waals surface area contributed by atoms with Crippen LogP contribution >= 0.6 is 11.6 Å². The van der Waals surface area contributed by atoms with E-state index in [1.807, 2.05) is 18.7 Å². The molecule has 1 aromatic rings. The second-order valence-corrected chi connectivity index (χ2v) is 5.90. The SMILES string of the molecule is CCOC(C)(CC)C(Cc1c(Cl)c(CC)nn1CC)NC. The summed E-state index contributed by atoms with van der Waals surface area (Å²) < 4.78 is 8.04. The number of hydrogen-bond acceptors (Lipinski definition) is 3. The van der Waals surface area contributed by atoms with Gasteiger partial charge >= 0.3 is 0 Å². The first-order valence-corrected chi connectivity index (χ1v) is 8.40. The molecule has 122 valence electrons. The predicted octanol–water partition coefficient (Wildman–Crippen LogP) is 3.45. The molecule has 0 aliphatic heterocycles. The van der Waals surface area contributed by atoms with Gasteiger partial charge in [-0.15, -0.1) is 0 Å². The van der Waals surface area contributed by atoms with Gasteiger partial charge in [0, 0.05) is 25.6 Å². The van der Waals surface area contributed by atoms with Crippen molar-refractivity contribution >= 4 is 11.6 Å². The van der Waals surface area contributed by atoms with Crippen molar-refractivity contribution in [1.29, 1.82) is 0 Å². The standard InChI is InChI=1S/C16H30ClN3O/c1-7-12-15(17)13(20(9-3)19-12)11-14(18-6)16(5,8-2)21-10-4/h14,18H,7-11H2,1-6H3. The number of rotatable bonds is 9. The Balaban J connectivity index is 3.08. The maximum Gasteiger partial charge on any atom is 0.0850 e. The van der Waals surface area contributed by atoms with Crippen molar-refractivity contribution in [2.75, 3.05) is 13.7 Å². The molecule has 0 saturated heterocycles. The van der Waals surface area contributed by atoms with Crippen LogP contribution in [0.15, 0.2) is 0 Å². The van der Waals surface area contributed by atoms with Gasteiger partial charge in [0.15, 0.2) is 0 Å². The molecule has 2 atom stereocenters. The molecule has 21 heavy (non-hydrogen) atoms. The number of ether oxygens (including phenoxy) is 1. The average Bonchev–Trinajstić information content (AvgIpc) is 2.80. The Hall–Kier alpha value is -0.580. The van der Waals surface area contributed by atoms with Gasteiger partial charge < -0.3 is 10.1 Å². The van der Waals surface area contributed by atoms with Crippen molar-refractivity contribution in [1.82, 2.24) is 15.1 Å². The second-order valence-electron chi connectivity index (χ2n) is 5.52. The topological polar surface area (TPSA) is 39.1 Å². The number of halogens is 1. The Labute approximate surface area is 134 Å². The van der Waals surface area contributed by atoms with E-state index in [1.165, 1.54) is 0 Å². The number of likely N-dealkylation sites (N-methyl/N-ethyl adjacent to an activating group) is 1. The molecule has 1 aromatic heterocycles. The summed E-state index contributed by atoms with van der Waals surface area (Å²) in [4.78, 5) is 0. The monoisotopic (exact) mass is 315 g/mol. The van der Waals surface area contributed by atoms with E-state index in [0.29, 0.717) is 6.61 Å². The summed E-state index contributed by atoms with van der Waals surface area (Å²) in [6.45, 7) is 12.1. The molecule has 0 bridgehead atoms. The zero-order valence-corrected chi connectivity index (χ0v) is 15.0. The molecule has 0 spiro atoms. The molecule has 1 N–H and O–H groups in total. The molecule has 1 rings (SSSR count). The summed E-state index contributed by atoms with van der Waals surface area (Å²) >= 11 is 6.53. The van der Waals surface area contributed by atoms with Crippen LogP contribution in [0.4, 0.5) is 0 Å². The minimum atomic E-state index is -0.206. The van der Waals surface area contributed by atoms with Crippen molar-refractivity contribution in [3.05, 3.63) is 16.4 Å². The summed E-state index contributed by atoms with van der Waals surface area (Å²) in [7, 11) is 1.99. The van der Waals surface area contributed by atoms with Gasteiger partial charge in [0.2, 0.25) is 0 Å². The fourth-order valence-electron chi connectivity index (χ4n) is 2.81. The summed E-state index contributed by atoms with van der Waals surface area (Å²) in [5.41, 5.74) is 1.88. The van der Waals surface area contributed by atoms with Gasteiger partial charge in [0.1, 0.15) is 0 Å². The van der Waals surface area contributed by atoms with Crippen molar-refractivity contribution in [3.8, 4) is 0 Å². The van der Waals surface area contributed by atoms with Gasteiger partial charge in [-0.25, -0.2) is 0 Å². The van der Waals surface area contributed by atoms with E-state index in [1.54, 1.807) is 0 Å². The maximum absolute atomic E-state index is 6.53. The predicted molar refractivity (Wildman–Crippen MR) is 89.2 cm³/mol. The van der Waals surface area contributed by atoms with Gasteiger partial charge in [-0.05, 0) is 40.7 Å². The molecule has 0 amide bonds. The van der Waals surface area contributed by atoms with Crippen LogP contribution in [-0.2, 0) is 24.1 Å². The van der Waals surface area contributed by atoms with Gasteiger partial charge in [0.25, 0.3) is 0 Å². The molecule has 0 radical (unpaired) electrons. The van der Waals surface area contributed by atoms with E-state index in [0.717, 1.165) is 42.2 Å². The molecule has 5 heteroatoms. The Morgan fingerprint density at radius 2 is 2.00 bits per heavy atom. The molecular formula is C16H30ClN3O. The van der Waals surface area contributed by atoms with E-state index in [-0.39, 0.29) is 11.6 Å². The van der Waals surface area contributed by atoms with Crippen LogP contribution in [0.3, 0.4) is 0 Å².